The van der Waals surface area contributed by atoms with Crippen LogP contribution in [0.1, 0.15) is 28.8 Å². The molecule has 1 aromatic carbocycles. The SMILES string of the molecule is CN(C(=O)c1cccc2c1CCCN2)C1CCSC1.Cl. The second-order valence-corrected chi connectivity index (χ2v) is 6.45. The van der Waals surface area contributed by atoms with Crippen LogP contribution < -0.4 is 5.32 Å². The van der Waals surface area contributed by atoms with Crippen molar-refractivity contribution < 1.29 is 4.79 Å². The van der Waals surface area contributed by atoms with E-state index in [0.717, 1.165) is 42.8 Å². The van der Waals surface area contributed by atoms with Gasteiger partial charge in [-0.25, -0.2) is 0 Å². The van der Waals surface area contributed by atoms with E-state index in [1.165, 1.54) is 11.3 Å². The molecule has 2 aliphatic rings. The van der Waals surface area contributed by atoms with Crippen LogP contribution in [0.2, 0.25) is 0 Å². The Bertz CT molecular complexity index is 489. The van der Waals surface area contributed by atoms with Crippen LogP contribution in [0, 0.1) is 0 Å². The summed E-state index contributed by atoms with van der Waals surface area (Å²) < 4.78 is 0. The van der Waals surface area contributed by atoms with Gasteiger partial charge in [-0.2, -0.15) is 11.8 Å². The molecule has 110 valence electrons. The Morgan fingerprint density at radius 2 is 2.30 bits per heavy atom. The monoisotopic (exact) mass is 312 g/mol. The fourth-order valence-electron chi connectivity index (χ4n) is 2.89. The number of hydrogen-bond donors (Lipinski definition) is 1. The van der Waals surface area contributed by atoms with Crippen LogP contribution in [0.5, 0.6) is 0 Å². The Labute approximate surface area is 130 Å². The van der Waals surface area contributed by atoms with E-state index in [4.69, 9.17) is 0 Å². The third-order valence-electron chi connectivity index (χ3n) is 4.10. The fraction of sp³-hybridized carbons (Fsp3) is 0.533. The molecule has 2 aliphatic heterocycles. The zero-order chi connectivity index (χ0) is 13.2. The number of carbonyl (C=O) groups excluding carboxylic acids is 1. The minimum Gasteiger partial charge on any atom is -0.385 e. The molecule has 1 N–H and O–H groups in total. The Hall–Kier alpha value is -0.870. The average Bonchev–Trinajstić information content (AvgIpc) is 2.99. The van der Waals surface area contributed by atoms with E-state index in [0.29, 0.717) is 6.04 Å². The molecule has 1 amide bonds. The average molecular weight is 313 g/mol. The second-order valence-electron chi connectivity index (χ2n) is 5.30. The topological polar surface area (TPSA) is 32.3 Å². The molecule has 1 unspecified atom stereocenters. The van der Waals surface area contributed by atoms with E-state index in [-0.39, 0.29) is 18.3 Å². The van der Waals surface area contributed by atoms with Crippen molar-refractivity contribution in [2.75, 3.05) is 30.4 Å². The first-order chi connectivity index (χ1) is 9.27. The third kappa shape index (κ3) is 2.91. The standard InChI is InChI=1S/C15H20N2OS.ClH/c1-17(11-7-9-19-10-11)15(18)13-4-2-6-14-12(13)5-3-8-16-14;/h2,4,6,11,16H,3,5,7-10H2,1H3;1H. The number of carbonyl (C=O) groups is 1. The number of halogens is 1. The third-order valence-corrected chi connectivity index (χ3v) is 5.24. The van der Waals surface area contributed by atoms with Gasteiger partial charge in [-0.1, -0.05) is 6.07 Å². The van der Waals surface area contributed by atoms with Gasteiger partial charge in [-0.15, -0.1) is 12.4 Å². The lowest BCUT2D eigenvalue weighted by molar-refractivity contribution is 0.0746. The highest BCUT2D eigenvalue weighted by Gasteiger charge is 2.26. The summed E-state index contributed by atoms with van der Waals surface area (Å²) in [5.41, 5.74) is 3.24. The summed E-state index contributed by atoms with van der Waals surface area (Å²) in [5, 5.41) is 3.39. The molecule has 0 spiro atoms. The van der Waals surface area contributed by atoms with Crippen LogP contribution in [0.25, 0.3) is 0 Å². The molecule has 3 rings (SSSR count). The molecule has 20 heavy (non-hydrogen) atoms. The molecule has 0 aromatic heterocycles. The molecule has 1 aromatic rings. The molecule has 3 nitrogen and oxygen atoms in total. The lowest BCUT2D eigenvalue weighted by Gasteiger charge is -2.27. The summed E-state index contributed by atoms with van der Waals surface area (Å²) in [5.74, 6) is 2.44. The van der Waals surface area contributed by atoms with Gasteiger partial charge in [0.2, 0.25) is 0 Å². The van der Waals surface area contributed by atoms with Gasteiger partial charge in [0.25, 0.3) is 5.91 Å². The number of hydrogen-bond acceptors (Lipinski definition) is 3. The number of rotatable bonds is 2. The van der Waals surface area contributed by atoms with Gasteiger partial charge in [0.15, 0.2) is 0 Å². The van der Waals surface area contributed by atoms with E-state index in [1.807, 2.05) is 35.8 Å². The van der Waals surface area contributed by atoms with Gasteiger partial charge in [0.1, 0.15) is 0 Å². The van der Waals surface area contributed by atoms with Crippen molar-refractivity contribution >= 4 is 35.8 Å². The van der Waals surface area contributed by atoms with E-state index >= 15 is 0 Å². The first kappa shape index (κ1) is 15.5. The number of amides is 1. The Balaban J connectivity index is 0.00000147. The van der Waals surface area contributed by atoms with Crippen molar-refractivity contribution in [3.05, 3.63) is 29.3 Å². The van der Waals surface area contributed by atoms with Crippen LogP contribution >= 0.6 is 24.2 Å². The molecular formula is C15H21ClN2OS. The Kier molecular flexibility index (Phi) is 5.22. The van der Waals surface area contributed by atoms with Crippen LogP contribution in [0.4, 0.5) is 5.69 Å². The number of fused-ring (bicyclic) bond motifs is 1. The van der Waals surface area contributed by atoms with Crippen molar-refractivity contribution in [2.45, 2.75) is 25.3 Å². The lowest BCUT2D eigenvalue weighted by atomic mass is 9.96. The van der Waals surface area contributed by atoms with E-state index in [2.05, 4.69) is 11.4 Å². The molecule has 1 atom stereocenters. The largest absolute Gasteiger partial charge is 0.385 e. The first-order valence-corrected chi connectivity index (χ1v) is 8.13. The number of anilines is 1. The zero-order valence-electron chi connectivity index (χ0n) is 11.7. The molecule has 5 heteroatoms. The molecule has 0 radical (unpaired) electrons. The van der Waals surface area contributed by atoms with Crippen molar-refractivity contribution in [3.63, 3.8) is 0 Å². The van der Waals surface area contributed by atoms with Crippen LogP contribution in [-0.4, -0.2) is 41.9 Å². The van der Waals surface area contributed by atoms with Crippen LogP contribution in [-0.2, 0) is 6.42 Å². The molecular weight excluding hydrogens is 292 g/mol. The minimum atomic E-state index is 0. The zero-order valence-corrected chi connectivity index (χ0v) is 13.4. The highest BCUT2D eigenvalue weighted by Crippen LogP contribution is 2.28. The molecule has 0 aliphatic carbocycles. The molecule has 0 bridgehead atoms. The van der Waals surface area contributed by atoms with Crippen LogP contribution in [0.15, 0.2) is 18.2 Å². The van der Waals surface area contributed by atoms with Gasteiger partial charge >= 0.3 is 0 Å². The number of nitrogens with zero attached hydrogens (tertiary/aromatic N) is 1. The summed E-state index contributed by atoms with van der Waals surface area (Å²) in [6, 6.07) is 6.45. The molecule has 1 saturated heterocycles. The van der Waals surface area contributed by atoms with Crippen molar-refractivity contribution in [2.24, 2.45) is 0 Å². The fourth-order valence-corrected chi connectivity index (χ4v) is 4.16. The van der Waals surface area contributed by atoms with Gasteiger partial charge < -0.3 is 10.2 Å². The van der Waals surface area contributed by atoms with Crippen LogP contribution in [0.3, 0.4) is 0 Å². The van der Waals surface area contributed by atoms with Crippen molar-refractivity contribution in [1.82, 2.24) is 4.90 Å². The first-order valence-electron chi connectivity index (χ1n) is 6.98. The minimum absolute atomic E-state index is 0. The summed E-state index contributed by atoms with van der Waals surface area (Å²) in [6.07, 6.45) is 3.25. The quantitative estimate of drug-likeness (QED) is 0.911. The molecule has 0 saturated carbocycles. The van der Waals surface area contributed by atoms with E-state index in [1.54, 1.807) is 0 Å². The summed E-state index contributed by atoms with van der Waals surface area (Å²) in [4.78, 5) is 14.6. The maximum Gasteiger partial charge on any atom is 0.254 e. The highest BCUT2D eigenvalue weighted by molar-refractivity contribution is 7.99. The normalized spacial score (nSPS) is 20.6. The maximum atomic E-state index is 12.7. The lowest BCUT2D eigenvalue weighted by Crippen LogP contribution is -2.37. The van der Waals surface area contributed by atoms with E-state index in [9.17, 15) is 4.79 Å². The summed E-state index contributed by atoms with van der Waals surface area (Å²) in [6.45, 7) is 1.01. The summed E-state index contributed by atoms with van der Waals surface area (Å²) in [7, 11) is 1.95. The highest BCUT2D eigenvalue weighted by atomic mass is 35.5. The van der Waals surface area contributed by atoms with Crippen molar-refractivity contribution in [3.8, 4) is 0 Å². The Morgan fingerprint density at radius 1 is 1.45 bits per heavy atom. The smallest absolute Gasteiger partial charge is 0.254 e. The van der Waals surface area contributed by atoms with E-state index < -0.39 is 0 Å². The summed E-state index contributed by atoms with van der Waals surface area (Å²) >= 11 is 1.95. The number of nitrogens with one attached hydrogen (secondary N) is 1. The number of benzene rings is 1. The Morgan fingerprint density at radius 3 is 3.05 bits per heavy atom. The van der Waals surface area contributed by atoms with Gasteiger partial charge in [0, 0.05) is 36.6 Å². The molecule has 2 heterocycles. The van der Waals surface area contributed by atoms with Gasteiger partial charge in [0.05, 0.1) is 0 Å². The maximum absolute atomic E-state index is 12.7. The van der Waals surface area contributed by atoms with Gasteiger partial charge in [-0.3, -0.25) is 4.79 Å². The number of thioether (sulfide) groups is 1. The molecule has 1 fully saturated rings. The van der Waals surface area contributed by atoms with Gasteiger partial charge in [-0.05, 0) is 42.7 Å². The predicted molar refractivity (Wildman–Crippen MR) is 88.3 cm³/mol. The van der Waals surface area contributed by atoms with Crippen molar-refractivity contribution in [1.29, 1.82) is 0 Å². The predicted octanol–water partition coefficient (Wildman–Crippen LogP) is 3.04. The second kappa shape index (κ2) is 6.72.